The molecule has 3 nitrogen and oxygen atoms in total. The Balaban J connectivity index is 4.95. The SMILES string of the molecule is C=C(/C=C\C(=C/C)C(C)C)S(=O)(=O)N(C)BS. The van der Waals surface area contributed by atoms with E-state index in [1.807, 2.05) is 13.0 Å². The second-order valence-electron chi connectivity index (χ2n) is 3.99. The first kappa shape index (κ1) is 16.5. The molecule has 0 aliphatic rings. The highest BCUT2D eigenvalue weighted by atomic mass is 32.2. The second-order valence-corrected chi connectivity index (χ2v) is 6.37. The van der Waals surface area contributed by atoms with Crippen molar-refractivity contribution in [3.8, 4) is 0 Å². The lowest BCUT2D eigenvalue weighted by atomic mass is 10.0. The summed E-state index contributed by atoms with van der Waals surface area (Å²) >= 11 is 3.93. The molecule has 17 heavy (non-hydrogen) atoms. The molecule has 0 heterocycles. The Labute approximate surface area is 111 Å². The molecule has 96 valence electrons. The molecule has 0 unspecified atom stereocenters. The smallest absolute Gasteiger partial charge is 0.233 e. The van der Waals surface area contributed by atoms with E-state index < -0.39 is 10.0 Å². The van der Waals surface area contributed by atoms with Gasteiger partial charge in [-0.2, -0.15) is 0 Å². The van der Waals surface area contributed by atoms with Crippen molar-refractivity contribution < 1.29 is 8.42 Å². The first-order valence-corrected chi connectivity index (χ1v) is 7.45. The maximum absolute atomic E-state index is 11.8. The van der Waals surface area contributed by atoms with E-state index in [-0.39, 0.29) is 11.6 Å². The largest absolute Gasteiger partial charge is 0.286 e. The van der Waals surface area contributed by atoms with Crippen molar-refractivity contribution in [3.63, 3.8) is 0 Å². The zero-order valence-corrected chi connectivity index (χ0v) is 12.6. The van der Waals surface area contributed by atoms with Crippen LogP contribution in [0.3, 0.4) is 0 Å². The van der Waals surface area contributed by atoms with Crippen LogP contribution in [0.25, 0.3) is 0 Å². The first-order valence-electron chi connectivity index (χ1n) is 5.37. The Kier molecular flexibility index (Phi) is 6.90. The molecule has 6 heteroatoms. The highest BCUT2D eigenvalue weighted by molar-refractivity contribution is 8.09. The van der Waals surface area contributed by atoms with Gasteiger partial charge in [-0.15, -0.1) is 0 Å². The van der Waals surface area contributed by atoms with Crippen molar-refractivity contribution in [2.75, 3.05) is 7.05 Å². The summed E-state index contributed by atoms with van der Waals surface area (Å²) in [6, 6.07) is 0. The van der Waals surface area contributed by atoms with Crippen LogP contribution in [0.1, 0.15) is 20.8 Å². The quantitative estimate of drug-likeness (QED) is 0.457. The van der Waals surface area contributed by atoms with Crippen LogP contribution in [-0.4, -0.2) is 26.4 Å². The molecule has 0 aliphatic heterocycles. The Hall–Kier alpha value is -0.455. The lowest BCUT2D eigenvalue weighted by molar-refractivity contribution is 0.569. The van der Waals surface area contributed by atoms with Gasteiger partial charge in [0.2, 0.25) is 10.0 Å². The lowest BCUT2D eigenvalue weighted by Crippen LogP contribution is -2.28. The Bertz CT molecular complexity index is 425. The van der Waals surface area contributed by atoms with Crippen molar-refractivity contribution >= 4 is 29.2 Å². The van der Waals surface area contributed by atoms with Gasteiger partial charge in [0.1, 0.15) is 0 Å². The van der Waals surface area contributed by atoms with Gasteiger partial charge in [-0.25, -0.2) is 25.1 Å². The van der Waals surface area contributed by atoms with E-state index in [1.165, 1.54) is 13.1 Å². The first-order chi connectivity index (χ1) is 7.77. The number of hydrogen-bond acceptors (Lipinski definition) is 3. The predicted octanol–water partition coefficient (Wildman–Crippen LogP) is 2.12. The van der Waals surface area contributed by atoms with Crippen molar-refractivity contribution in [1.82, 2.24) is 4.22 Å². The second kappa shape index (κ2) is 7.08. The highest BCUT2D eigenvalue weighted by Gasteiger charge is 2.19. The van der Waals surface area contributed by atoms with Crippen LogP contribution in [0.4, 0.5) is 0 Å². The van der Waals surface area contributed by atoms with E-state index in [4.69, 9.17) is 0 Å². The number of hydrogen-bond donors (Lipinski definition) is 1. The highest BCUT2D eigenvalue weighted by Crippen LogP contribution is 2.15. The number of sulfonamides is 1. The van der Waals surface area contributed by atoms with E-state index in [0.29, 0.717) is 5.92 Å². The molecular formula is C11H20BNO2S2. The molecule has 0 fully saturated rings. The molecule has 0 saturated carbocycles. The van der Waals surface area contributed by atoms with Gasteiger partial charge in [-0.3, -0.25) is 0 Å². The van der Waals surface area contributed by atoms with Crippen LogP contribution in [-0.2, 0) is 10.0 Å². The average Bonchev–Trinajstić information content (AvgIpc) is 2.27. The molecule has 0 saturated heterocycles. The van der Waals surface area contributed by atoms with Gasteiger partial charge in [0.15, 0.2) is 0 Å². The summed E-state index contributed by atoms with van der Waals surface area (Å²) in [7, 11) is -2.00. The summed E-state index contributed by atoms with van der Waals surface area (Å²) in [4.78, 5) is 0.0778. The van der Waals surface area contributed by atoms with E-state index in [1.54, 1.807) is 6.08 Å². The van der Waals surface area contributed by atoms with Crippen molar-refractivity contribution in [1.29, 1.82) is 0 Å². The predicted molar refractivity (Wildman–Crippen MR) is 79.7 cm³/mol. The monoisotopic (exact) mass is 273 g/mol. The third-order valence-corrected chi connectivity index (χ3v) is 4.77. The van der Waals surface area contributed by atoms with E-state index in [9.17, 15) is 8.42 Å². The minimum Gasteiger partial charge on any atom is -0.233 e. The molecule has 0 bridgehead atoms. The maximum Gasteiger partial charge on any atom is 0.286 e. The van der Waals surface area contributed by atoms with Gasteiger partial charge in [0.05, 0.1) is 4.91 Å². The molecule has 0 aliphatic carbocycles. The zero-order chi connectivity index (χ0) is 13.6. The summed E-state index contributed by atoms with van der Waals surface area (Å²) in [5, 5.41) is 0. The van der Waals surface area contributed by atoms with Crippen molar-refractivity contribution in [2.45, 2.75) is 20.8 Å². The standard InChI is InChI=1S/C11H20BNO2S2/c1-6-11(9(2)3)8-7-10(4)17(14,15)13(5)12-16/h6-9,12,16H,4H2,1-3,5H3/b8-7-,11-6+. The molecule has 0 N–H and O–H groups in total. The lowest BCUT2D eigenvalue weighted by Gasteiger charge is -2.14. The Morgan fingerprint density at radius 3 is 2.29 bits per heavy atom. The van der Waals surface area contributed by atoms with Gasteiger partial charge >= 0.3 is 0 Å². The van der Waals surface area contributed by atoms with Crippen LogP contribution < -0.4 is 0 Å². The van der Waals surface area contributed by atoms with Crippen molar-refractivity contribution in [2.24, 2.45) is 5.92 Å². The molecule has 0 atom stereocenters. The molecular weight excluding hydrogens is 253 g/mol. The summed E-state index contributed by atoms with van der Waals surface area (Å²) < 4.78 is 24.8. The average molecular weight is 273 g/mol. The van der Waals surface area contributed by atoms with Crippen LogP contribution in [0, 0.1) is 5.92 Å². The van der Waals surface area contributed by atoms with E-state index in [2.05, 4.69) is 32.9 Å². The van der Waals surface area contributed by atoms with Crippen LogP contribution in [0.5, 0.6) is 0 Å². The van der Waals surface area contributed by atoms with Gasteiger partial charge in [0, 0.05) is 0 Å². The third kappa shape index (κ3) is 4.73. The summed E-state index contributed by atoms with van der Waals surface area (Å²) in [5.41, 5.74) is 1.08. The number of allylic oxidation sites excluding steroid dienone is 4. The van der Waals surface area contributed by atoms with Gasteiger partial charge in [0.25, 0.3) is 6.69 Å². The van der Waals surface area contributed by atoms with Crippen LogP contribution in [0.15, 0.2) is 35.3 Å². The normalized spacial score (nSPS) is 13.7. The van der Waals surface area contributed by atoms with Crippen LogP contribution >= 0.6 is 12.5 Å². The molecule has 0 radical (unpaired) electrons. The summed E-state index contributed by atoms with van der Waals surface area (Å²) in [6.07, 6.45) is 5.28. The molecule has 0 aromatic carbocycles. The third-order valence-electron chi connectivity index (χ3n) is 2.40. The van der Waals surface area contributed by atoms with E-state index in [0.717, 1.165) is 9.79 Å². The topological polar surface area (TPSA) is 37.4 Å². The molecule has 0 aromatic heterocycles. The Morgan fingerprint density at radius 2 is 1.94 bits per heavy atom. The summed E-state index contributed by atoms with van der Waals surface area (Å²) in [5.74, 6) is 0.356. The minimum absolute atomic E-state index is 0.0778. The fraction of sp³-hybridized carbons (Fsp3) is 0.455. The maximum atomic E-state index is 11.8. The minimum atomic E-state index is -3.47. The van der Waals surface area contributed by atoms with Gasteiger partial charge in [-0.1, -0.05) is 32.6 Å². The Morgan fingerprint density at radius 1 is 1.41 bits per heavy atom. The fourth-order valence-electron chi connectivity index (χ4n) is 1.17. The fourth-order valence-corrected chi connectivity index (χ4v) is 2.42. The molecule has 0 rings (SSSR count). The van der Waals surface area contributed by atoms with Gasteiger partial charge in [-0.05, 0) is 31.5 Å². The number of rotatable bonds is 6. The number of thiol groups is 1. The summed E-state index contributed by atoms with van der Waals surface area (Å²) in [6.45, 7) is 9.75. The molecule has 0 aromatic rings. The van der Waals surface area contributed by atoms with Crippen molar-refractivity contribution in [3.05, 3.63) is 35.3 Å². The van der Waals surface area contributed by atoms with Crippen LogP contribution in [0.2, 0.25) is 0 Å². The number of nitrogens with zero attached hydrogens (tertiary/aromatic N) is 1. The van der Waals surface area contributed by atoms with E-state index >= 15 is 0 Å². The molecule has 0 amide bonds. The molecule has 0 spiro atoms. The van der Waals surface area contributed by atoms with Gasteiger partial charge < -0.3 is 0 Å². The zero-order valence-electron chi connectivity index (χ0n) is 10.8.